The number of nitrogens with two attached hydrogens (primary N) is 1. The molecule has 192 valence electrons. The Morgan fingerprint density at radius 1 is 1.11 bits per heavy atom. The first-order valence-electron chi connectivity index (χ1n) is 12.2. The summed E-state index contributed by atoms with van der Waals surface area (Å²) in [5, 5.41) is 16.0. The fourth-order valence-electron chi connectivity index (χ4n) is 5.26. The zero-order chi connectivity index (χ0) is 25.4. The minimum absolute atomic E-state index is 0.0448. The average molecular weight is 520 g/mol. The lowest BCUT2D eigenvalue weighted by Gasteiger charge is -2.29. The molecule has 2 aromatic heterocycles. The van der Waals surface area contributed by atoms with Crippen molar-refractivity contribution in [1.82, 2.24) is 19.5 Å². The van der Waals surface area contributed by atoms with E-state index in [1.54, 1.807) is 6.20 Å². The van der Waals surface area contributed by atoms with Crippen LogP contribution in [0.2, 0.25) is 5.02 Å². The summed E-state index contributed by atoms with van der Waals surface area (Å²) in [5.74, 6) is -1.61. The Bertz CT molecular complexity index is 1260. The van der Waals surface area contributed by atoms with Gasteiger partial charge in [0.1, 0.15) is 11.2 Å². The molecule has 1 amide bonds. The number of aliphatic hydroxyl groups is 1. The van der Waals surface area contributed by atoms with Gasteiger partial charge in [-0.2, -0.15) is 4.98 Å². The van der Waals surface area contributed by atoms with E-state index < -0.39 is 11.6 Å². The molecule has 2 fully saturated rings. The van der Waals surface area contributed by atoms with Gasteiger partial charge in [0.05, 0.1) is 12.3 Å². The first-order valence-corrected chi connectivity index (χ1v) is 12.6. The third kappa shape index (κ3) is 5.08. The predicted molar refractivity (Wildman–Crippen MR) is 132 cm³/mol. The molecule has 0 bridgehead atoms. The molecular formula is C24H28ClF2N7O2. The summed E-state index contributed by atoms with van der Waals surface area (Å²) in [6, 6.07) is 1.98. The van der Waals surface area contributed by atoms with Gasteiger partial charge >= 0.3 is 0 Å². The summed E-state index contributed by atoms with van der Waals surface area (Å²) in [7, 11) is 0. The van der Waals surface area contributed by atoms with Crippen molar-refractivity contribution in [2.45, 2.75) is 69.6 Å². The van der Waals surface area contributed by atoms with Gasteiger partial charge in [0, 0.05) is 23.0 Å². The van der Waals surface area contributed by atoms with Crippen molar-refractivity contribution in [2.75, 3.05) is 10.6 Å². The van der Waals surface area contributed by atoms with E-state index in [0.29, 0.717) is 49.2 Å². The van der Waals surface area contributed by atoms with Crippen molar-refractivity contribution in [1.29, 1.82) is 0 Å². The van der Waals surface area contributed by atoms with Gasteiger partial charge in [-0.3, -0.25) is 9.36 Å². The van der Waals surface area contributed by atoms with Crippen LogP contribution in [0.5, 0.6) is 0 Å². The number of anilines is 3. The highest BCUT2D eigenvalue weighted by atomic mass is 35.5. The number of aliphatic hydroxyl groups excluding tert-OH is 1. The van der Waals surface area contributed by atoms with Gasteiger partial charge in [-0.1, -0.05) is 11.6 Å². The van der Waals surface area contributed by atoms with Crippen molar-refractivity contribution < 1.29 is 18.7 Å². The molecule has 0 aliphatic heterocycles. The molecule has 2 aliphatic carbocycles. The second-order valence-electron chi connectivity index (χ2n) is 9.65. The highest BCUT2D eigenvalue weighted by Crippen LogP contribution is 2.38. The van der Waals surface area contributed by atoms with E-state index in [1.165, 1.54) is 0 Å². The summed E-state index contributed by atoms with van der Waals surface area (Å²) in [6.07, 6.45) is 6.86. The number of primary amides is 1. The zero-order valence-electron chi connectivity index (χ0n) is 19.6. The van der Waals surface area contributed by atoms with E-state index in [1.807, 2.05) is 4.57 Å². The maximum atomic E-state index is 14.6. The van der Waals surface area contributed by atoms with Crippen LogP contribution in [0.4, 0.5) is 26.4 Å². The molecule has 2 saturated carbocycles. The number of carbonyl (C=O) groups is 1. The third-order valence-corrected chi connectivity index (χ3v) is 7.34. The lowest BCUT2D eigenvalue weighted by Crippen LogP contribution is -2.30. The molecule has 0 saturated heterocycles. The Hall–Kier alpha value is -3.05. The van der Waals surface area contributed by atoms with E-state index in [0.717, 1.165) is 31.4 Å². The fraction of sp³-hybridized carbons (Fsp3) is 0.500. The van der Waals surface area contributed by atoms with Crippen LogP contribution < -0.4 is 16.4 Å². The lowest BCUT2D eigenvalue weighted by atomic mass is 9.85. The minimum Gasteiger partial charge on any atom is -0.393 e. The second kappa shape index (κ2) is 10.1. The molecule has 5 rings (SSSR count). The summed E-state index contributed by atoms with van der Waals surface area (Å²) in [6.45, 7) is 0. The Morgan fingerprint density at radius 3 is 2.50 bits per heavy atom. The summed E-state index contributed by atoms with van der Waals surface area (Å²) in [5.41, 5.74) is 6.10. The van der Waals surface area contributed by atoms with Crippen LogP contribution in [0.25, 0.3) is 11.2 Å². The number of fused-ring (bicyclic) bond motifs is 1. The molecule has 0 spiro atoms. The van der Waals surface area contributed by atoms with Crippen LogP contribution >= 0.6 is 11.6 Å². The van der Waals surface area contributed by atoms with Gasteiger partial charge < -0.3 is 21.5 Å². The molecule has 0 unspecified atom stereocenters. The van der Waals surface area contributed by atoms with E-state index >= 15 is 0 Å². The first kappa shape index (κ1) is 24.6. The smallest absolute Gasteiger partial charge is 0.224 e. The zero-order valence-corrected chi connectivity index (χ0v) is 20.3. The number of hydrogen-bond donors (Lipinski definition) is 4. The average Bonchev–Trinajstić information content (AvgIpc) is 3.18. The molecule has 9 nitrogen and oxygen atoms in total. The Morgan fingerprint density at radius 2 is 1.83 bits per heavy atom. The van der Waals surface area contributed by atoms with Crippen LogP contribution in [0.1, 0.15) is 57.4 Å². The molecule has 3 aromatic rings. The van der Waals surface area contributed by atoms with E-state index in [-0.39, 0.29) is 46.7 Å². The number of halogens is 3. The van der Waals surface area contributed by atoms with Gasteiger partial charge in [-0.15, -0.1) is 0 Å². The minimum atomic E-state index is -0.847. The van der Waals surface area contributed by atoms with Gasteiger partial charge in [0.2, 0.25) is 17.8 Å². The molecule has 2 atom stereocenters. The summed E-state index contributed by atoms with van der Waals surface area (Å²) in [4.78, 5) is 25.3. The standard InChI is InChI=1S/C24H28ClF2N7O2/c25-13-8-17(26)20(18(27)9-13)32-24-31-19-11-29-23(30-14-2-1-3-16(35)10-14)33-22(19)34(24)15-6-4-12(5-7-15)21(28)36/h8-9,11-12,14-16,35H,1-7,10H2,(H2,28,36)(H,31,32)(H,29,30,33)/t12-,14-,15+,16-/m1/s1. The first-order chi connectivity index (χ1) is 17.3. The topological polar surface area (TPSA) is 131 Å². The SMILES string of the molecule is NC(=O)[C@H]1CC[C@@H](n2c(Nc3c(F)cc(Cl)cc3F)nc3cnc(N[C@@H]4CCC[C@@H](O)C4)nc32)CC1. The predicted octanol–water partition coefficient (Wildman–Crippen LogP) is 4.43. The normalized spacial score (nSPS) is 24.6. The van der Waals surface area contributed by atoms with E-state index in [9.17, 15) is 18.7 Å². The van der Waals surface area contributed by atoms with Crippen LogP contribution in [-0.4, -0.2) is 42.7 Å². The summed E-state index contributed by atoms with van der Waals surface area (Å²) < 4.78 is 31.0. The molecular weight excluding hydrogens is 492 g/mol. The Balaban J connectivity index is 1.51. The Kier molecular flexibility index (Phi) is 6.94. The second-order valence-corrected chi connectivity index (χ2v) is 10.1. The van der Waals surface area contributed by atoms with Gasteiger partial charge in [0.15, 0.2) is 17.3 Å². The quantitative estimate of drug-likeness (QED) is 0.379. The lowest BCUT2D eigenvalue weighted by molar-refractivity contribution is -0.122. The largest absolute Gasteiger partial charge is 0.393 e. The van der Waals surface area contributed by atoms with Gasteiger partial charge in [0.25, 0.3) is 0 Å². The van der Waals surface area contributed by atoms with E-state index in [4.69, 9.17) is 22.3 Å². The molecule has 5 N–H and O–H groups in total. The molecule has 2 heterocycles. The molecule has 2 aliphatic rings. The molecule has 36 heavy (non-hydrogen) atoms. The highest BCUT2D eigenvalue weighted by Gasteiger charge is 2.30. The van der Waals surface area contributed by atoms with Crippen LogP contribution in [0.3, 0.4) is 0 Å². The number of carbonyl (C=O) groups excluding carboxylic acids is 1. The van der Waals surface area contributed by atoms with Crippen molar-refractivity contribution >= 4 is 46.3 Å². The monoisotopic (exact) mass is 519 g/mol. The number of hydrogen-bond acceptors (Lipinski definition) is 7. The van der Waals surface area contributed by atoms with Gasteiger partial charge in [-0.05, 0) is 63.5 Å². The molecule has 12 heteroatoms. The van der Waals surface area contributed by atoms with Crippen molar-refractivity contribution in [3.8, 4) is 0 Å². The maximum absolute atomic E-state index is 14.6. The van der Waals surface area contributed by atoms with Crippen LogP contribution in [0, 0.1) is 17.6 Å². The number of benzene rings is 1. The summed E-state index contributed by atoms with van der Waals surface area (Å²) >= 11 is 5.78. The van der Waals surface area contributed by atoms with Crippen molar-refractivity contribution in [3.63, 3.8) is 0 Å². The molecule has 0 radical (unpaired) electrons. The highest BCUT2D eigenvalue weighted by molar-refractivity contribution is 6.30. The maximum Gasteiger partial charge on any atom is 0.224 e. The van der Waals surface area contributed by atoms with Crippen molar-refractivity contribution in [3.05, 3.63) is 35.0 Å². The molecule has 1 aromatic carbocycles. The number of aromatic nitrogens is 4. The number of amides is 1. The number of rotatable bonds is 6. The third-order valence-electron chi connectivity index (χ3n) is 7.12. The Labute approximate surface area is 211 Å². The number of nitrogens with zero attached hydrogens (tertiary/aromatic N) is 4. The van der Waals surface area contributed by atoms with Gasteiger partial charge in [-0.25, -0.2) is 18.7 Å². The van der Waals surface area contributed by atoms with E-state index in [2.05, 4.69) is 20.6 Å². The number of nitrogens with one attached hydrogen (secondary N) is 2. The van der Waals surface area contributed by atoms with Crippen LogP contribution in [-0.2, 0) is 4.79 Å². The fourth-order valence-corrected chi connectivity index (χ4v) is 5.46. The van der Waals surface area contributed by atoms with Crippen LogP contribution in [0.15, 0.2) is 18.3 Å². The van der Waals surface area contributed by atoms with Crippen molar-refractivity contribution in [2.24, 2.45) is 11.7 Å². The number of imidazole rings is 1.